The lowest BCUT2D eigenvalue weighted by atomic mass is 9.94. The minimum Gasteiger partial charge on any atom is -0.435 e. The summed E-state index contributed by atoms with van der Waals surface area (Å²) in [5.41, 5.74) is 7.52. The van der Waals surface area contributed by atoms with Crippen molar-refractivity contribution in [1.82, 2.24) is 19.9 Å². The Morgan fingerprint density at radius 2 is 1.04 bits per heavy atom. The normalized spacial score (nSPS) is 11.7. The molecule has 0 aliphatic rings. The number of aromatic nitrogens is 4. The van der Waals surface area contributed by atoms with Crippen molar-refractivity contribution in [3.05, 3.63) is 170 Å². The highest BCUT2D eigenvalue weighted by molar-refractivity contribution is 7.25. The molecule has 0 aliphatic heterocycles. The lowest BCUT2D eigenvalue weighted by molar-refractivity contribution is 0.623. The zero-order valence-corrected chi connectivity index (χ0v) is 29.6. The molecule has 0 spiro atoms. The van der Waals surface area contributed by atoms with E-state index >= 15 is 0 Å². The fourth-order valence-electron chi connectivity index (χ4n) is 7.54. The van der Waals surface area contributed by atoms with Crippen LogP contribution >= 0.6 is 11.3 Å². The molecular weight excluding hydrogens is 681 g/mol. The van der Waals surface area contributed by atoms with Gasteiger partial charge < -0.3 is 4.42 Å². The second-order valence-electron chi connectivity index (χ2n) is 13.4. The first kappa shape index (κ1) is 30.6. The molecule has 54 heavy (non-hydrogen) atoms. The molecule has 0 radical (unpaired) electrons. The molecule has 0 amide bonds. The zero-order valence-electron chi connectivity index (χ0n) is 28.8. The quantitative estimate of drug-likeness (QED) is 0.178. The van der Waals surface area contributed by atoms with Gasteiger partial charge in [-0.15, -0.1) is 11.3 Å². The molecule has 0 saturated heterocycles. The summed E-state index contributed by atoms with van der Waals surface area (Å²) in [6.45, 7) is 0. The van der Waals surface area contributed by atoms with Crippen LogP contribution in [0, 0.1) is 0 Å². The summed E-state index contributed by atoms with van der Waals surface area (Å²) in [5.74, 6) is 2.51. The number of nitrogens with zero attached hydrogens (tertiary/aromatic N) is 4. The maximum atomic E-state index is 6.53. The van der Waals surface area contributed by atoms with E-state index in [0.29, 0.717) is 23.4 Å². The van der Waals surface area contributed by atoms with Crippen LogP contribution in [0.3, 0.4) is 0 Å². The minimum absolute atomic E-state index is 0.611. The number of hydrogen-bond donors (Lipinski definition) is 0. The molecule has 0 bridgehead atoms. The van der Waals surface area contributed by atoms with Gasteiger partial charge >= 0.3 is 0 Å². The first-order valence-electron chi connectivity index (χ1n) is 17.9. The Hall–Kier alpha value is -7.02. The maximum Gasteiger partial charge on any atom is 0.227 e. The Morgan fingerprint density at radius 3 is 1.89 bits per heavy atom. The molecule has 0 atom stereocenters. The molecule has 5 nitrogen and oxygen atoms in total. The van der Waals surface area contributed by atoms with E-state index in [4.69, 9.17) is 24.4 Å². The van der Waals surface area contributed by atoms with E-state index in [2.05, 4.69) is 103 Å². The van der Waals surface area contributed by atoms with Crippen LogP contribution in [0.4, 0.5) is 0 Å². The Balaban J connectivity index is 1.10. The second-order valence-corrected chi connectivity index (χ2v) is 14.5. The van der Waals surface area contributed by atoms with Crippen molar-refractivity contribution in [3.8, 4) is 56.7 Å². The monoisotopic (exact) mass is 708 g/mol. The standard InChI is InChI=1S/C48H28N4OS/c1-3-11-31(12-4-1)45-50-46(34-24-26-42-39(28-34)36-17-7-8-20-41(36)54-42)52-47(51-45)37-19-9-15-29-21-22-33(27-38(29)37)35-18-10-16-30-23-25-40-44(43(30)35)53-48(49-40)32-13-5-2-6-14-32/h1-28H. The number of thiophene rings is 1. The Kier molecular flexibility index (Phi) is 6.97. The highest BCUT2D eigenvalue weighted by Crippen LogP contribution is 2.40. The van der Waals surface area contributed by atoms with Crippen molar-refractivity contribution in [2.24, 2.45) is 0 Å². The molecule has 3 aromatic heterocycles. The summed E-state index contributed by atoms with van der Waals surface area (Å²) in [4.78, 5) is 20.3. The van der Waals surface area contributed by atoms with Crippen LogP contribution in [0.5, 0.6) is 0 Å². The van der Waals surface area contributed by atoms with Crippen LogP contribution in [0.2, 0.25) is 0 Å². The fourth-order valence-corrected chi connectivity index (χ4v) is 8.63. The molecule has 6 heteroatoms. The summed E-state index contributed by atoms with van der Waals surface area (Å²) < 4.78 is 9.04. The summed E-state index contributed by atoms with van der Waals surface area (Å²) in [6.07, 6.45) is 0. The topological polar surface area (TPSA) is 64.7 Å². The van der Waals surface area contributed by atoms with Crippen molar-refractivity contribution in [3.63, 3.8) is 0 Å². The van der Waals surface area contributed by atoms with Crippen molar-refractivity contribution in [2.75, 3.05) is 0 Å². The molecule has 11 aromatic rings. The van der Waals surface area contributed by atoms with Crippen molar-refractivity contribution in [1.29, 1.82) is 0 Å². The number of hydrogen-bond acceptors (Lipinski definition) is 6. The zero-order chi connectivity index (χ0) is 35.6. The van der Waals surface area contributed by atoms with Gasteiger partial charge in [0.2, 0.25) is 5.89 Å². The van der Waals surface area contributed by atoms with Gasteiger partial charge in [0.25, 0.3) is 0 Å². The highest BCUT2D eigenvalue weighted by atomic mass is 32.1. The van der Waals surface area contributed by atoms with Gasteiger partial charge in [0.1, 0.15) is 5.52 Å². The van der Waals surface area contributed by atoms with E-state index < -0.39 is 0 Å². The van der Waals surface area contributed by atoms with Crippen LogP contribution in [0.1, 0.15) is 0 Å². The van der Waals surface area contributed by atoms with Gasteiger partial charge in [-0.25, -0.2) is 19.9 Å². The van der Waals surface area contributed by atoms with E-state index in [1.807, 2.05) is 66.7 Å². The SMILES string of the molecule is c1ccc(-c2nc(-c3ccc4sc5ccccc5c4c3)nc(-c3cccc4ccc(-c5cccc6ccc7nc(-c8ccccc8)oc7c56)cc34)n2)cc1. The van der Waals surface area contributed by atoms with Crippen LogP contribution in [0.25, 0.3) is 110 Å². The first-order chi connectivity index (χ1) is 26.7. The van der Waals surface area contributed by atoms with Gasteiger partial charge in [0.15, 0.2) is 23.1 Å². The van der Waals surface area contributed by atoms with Gasteiger partial charge in [0.05, 0.1) is 0 Å². The highest BCUT2D eigenvalue weighted by Gasteiger charge is 2.18. The van der Waals surface area contributed by atoms with E-state index in [0.717, 1.165) is 66.0 Å². The maximum absolute atomic E-state index is 6.53. The van der Waals surface area contributed by atoms with E-state index in [1.165, 1.54) is 20.2 Å². The number of rotatable bonds is 5. The smallest absolute Gasteiger partial charge is 0.227 e. The largest absolute Gasteiger partial charge is 0.435 e. The van der Waals surface area contributed by atoms with Gasteiger partial charge in [-0.1, -0.05) is 121 Å². The van der Waals surface area contributed by atoms with Gasteiger partial charge in [0, 0.05) is 47.8 Å². The summed E-state index contributed by atoms with van der Waals surface area (Å²) in [6, 6.07) is 58.8. The van der Waals surface area contributed by atoms with Gasteiger partial charge in [-0.2, -0.15) is 0 Å². The average Bonchev–Trinajstić information content (AvgIpc) is 3.85. The van der Waals surface area contributed by atoms with Gasteiger partial charge in [-0.05, 0) is 75.8 Å². The lowest BCUT2D eigenvalue weighted by Crippen LogP contribution is -2.00. The van der Waals surface area contributed by atoms with Crippen LogP contribution in [-0.2, 0) is 0 Å². The molecule has 0 N–H and O–H groups in total. The van der Waals surface area contributed by atoms with Crippen molar-refractivity contribution < 1.29 is 4.42 Å². The Labute approximate surface area is 313 Å². The van der Waals surface area contributed by atoms with Crippen LogP contribution in [0.15, 0.2) is 174 Å². The predicted molar refractivity (Wildman–Crippen MR) is 222 cm³/mol. The molecule has 252 valence electrons. The van der Waals surface area contributed by atoms with Gasteiger partial charge in [-0.3, -0.25) is 0 Å². The van der Waals surface area contributed by atoms with Crippen molar-refractivity contribution in [2.45, 2.75) is 0 Å². The van der Waals surface area contributed by atoms with E-state index in [9.17, 15) is 0 Å². The first-order valence-corrected chi connectivity index (χ1v) is 18.7. The average molecular weight is 709 g/mol. The molecule has 11 rings (SSSR count). The number of oxazole rings is 1. The minimum atomic E-state index is 0.611. The number of fused-ring (bicyclic) bond motifs is 7. The van der Waals surface area contributed by atoms with E-state index in [1.54, 1.807) is 11.3 Å². The Bertz CT molecular complexity index is 3220. The third-order valence-electron chi connectivity index (χ3n) is 10.2. The Morgan fingerprint density at radius 1 is 0.389 bits per heavy atom. The molecule has 0 saturated carbocycles. The summed E-state index contributed by atoms with van der Waals surface area (Å²) in [5, 5.41) is 6.73. The number of benzene rings is 8. The molecular formula is C48H28N4OS. The second kappa shape index (κ2) is 12.3. The van der Waals surface area contributed by atoms with Crippen LogP contribution < -0.4 is 0 Å². The summed E-state index contributed by atoms with van der Waals surface area (Å²) in [7, 11) is 0. The molecule has 0 fully saturated rings. The fraction of sp³-hybridized carbons (Fsp3) is 0. The van der Waals surface area contributed by atoms with E-state index in [-0.39, 0.29) is 0 Å². The lowest BCUT2D eigenvalue weighted by Gasteiger charge is -2.12. The molecule has 0 aliphatic carbocycles. The van der Waals surface area contributed by atoms with Crippen LogP contribution in [-0.4, -0.2) is 19.9 Å². The molecule has 8 aromatic carbocycles. The third-order valence-corrected chi connectivity index (χ3v) is 11.3. The van der Waals surface area contributed by atoms with Crippen molar-refractivity contribution >= 4 is 64.2 Å². The molecule has 3 heterocycles. The molecule has 0 unspecified atom stereocenters. The third kappa shape index (κ3) is 5.07. The predicted octanol–water partition coefficient (Wildman–Crippen LogP) is 13.0. The summed E-state index contributed by atoms with van der Waals surface area (Å²) >= 11 is 1.81.